The van der Waals surface area contributed by atoms with Crippen LogP contribution >= 0.6 is 0 Å². The van der Waals surface area contributed by atoms with Gasteiger partial charge in [0.05, 0.1) is 30.6 Å². The number of para-hydroxylation sites is 2. The van der Waals surface area contributed by atoms with Gasteiger partial charge in [-0.2, -0.15) is 0 Å². The number of ether oxygens (including phenoxy) is 2. The van der Waals surface area contributed by atoms with Gasteiger partial charge in [0, 0.05) is 33.2 Å². The number of nitrogens with zero attached hydrogens (tertiary/aromatic N) is 2. The Kier molecular flexibility index (Phi) is 6.69. The number of aliphatic hydroxyl groups is 1. The van der Waals surface area contributed by atoms with E-state index in [2.05, 4.69) is 23.6 Å². The minimum Gasteiger partial charge on any atom is -0.492 e. The molecule has 0 saturated carbocycles. The first-order chi connectivity index (χ1) is 11.0. The number of aliphatic hydroxyl groups excluding tert-OH is 1. The maximum Gasteiger partial charge on any atom is 0.142 e. The third-order valence-electron chi connectivity index (χ3n) is 4.03. The molecule has 5 nitrogen and oxygen atoms in total. The molecule has 1 aliphatic heterocycles. The summed E-state index contributed by atoms with van der Waals surface area (Å²) in [5, 5.41) is 10.5. The van der Waals surface area contributed by atoms with Crippen molar-refractivity contribution in [3.8, 4) is 5.75 Å². The predicted molar refractivity (Wildman–Crippen MR) is 93.3 cm³/mol. The van der Waals surface area contributed by atoms with Crippen molar-refractivity contribution in [3.05, 3.63) is 24.3 Å². The molecule has 1 aliphatic rings. The highest BCUT2D eigenvalue weighted by Crippen LogP contribution is 2.27. The Balaban J connectivity index is 1.90. The van der Waals surface area contributed by atoms with E-state index >= 15 is 0 Å². The first-order valence-electron chi connectivity index (χ1n) is 8.48. The van der Waals surface area contributed by atoms with Gasteiger partial charge in [0.2, 0.25) is 0 Å². The van der Waals surface area contributed by atoms with Crippen LogP contribution in [-0.2, 0) is 4.74 Å². The van der Waals surface area contributed by atoms with Gasteiger partial charge in [-0.15, -0.1) is 0 Å². The fourth-order valence-electron chi connectivity index (χ4n) is 3.25. The molecule has 0 bridgehead atoms. The maximum atomic E-state index is 10.5. The quantitative estimate of drug-likeness (QED) is 0.832. The van der Waals surface area contributed by atoms with Crippen LogP contribution in [0, 0.1) is 0 Å². The Morgan fingerprint density at radius 1 is 1.30 bits per heavy atom. The van der Waals surface area contributed by atoms with E-state index in [-0.39, 0.29) is 12.2 Å². The first kappa shape index (κ1) is 18.0. The molecule has 1 aromatic carbocycles. The Morgan fingerprint density at radius 3 is 2.61 bits per heavy atom. The molecular formula is C18H30N2O3. The highest BCUT2D eigenvalue weighted by Gasteiger charge is 2.24. The molecule has 1 heterocycles. The molecule has 0 radical (unpaired) electrons. The lowest BCUT2D eigenvalue weighted by molar-refractivity contribution is -0.0758. The zero-order valence-electron chi connectivity index (χ0n) is 14.7. The van der Waals surface area contributed by atoms with Gasteiger partial charge in [-0.25, -0.2) is 0 Å². The smallest absolute Gasteiger partial charge is 0.142 e. The maximum absolute atomic E-state index is 10.5. The Hall–Kier alpha value is -1.30. The van der Waals surface area contributed by atoms with Gasteiger partial charge in [-0.05, 0) is 32.9 Å². The van der Waals surface area contributed by atoms with Crippen LogP contribution in [0.15, 0.2) is 24.3 Å². The van der Waals surface area contributed by atoms with E-state index in [1.165, 1.54) is 0 Å². The zero-order chi connectivity index (χ0) is 16.8. The van der Waals surface area contributed by atoms with E-state index in [1.54, 1.807) is 0 Å². The van der Waals surface area contributed by atoms with Gasteiger partial charge in [0.25, 0.3) is 0 Å². The van der Waals surface area contributed by atoms with E-state index in [4.69, 9.17) is 9.47 Å². The van der Waals surface area contributed by atoms with E-state index in [9.17, 15) is 5.11 Å². The van der Waals surface area contributed by atoms with Crippen LogP contribution in [0.4, 0.5) is 5.69 Å². The lowest BCUT2D eigenvalue weighted by atomic mass is 10.2. The zero-order valence-corrected chi connectivity index (χ0v) is 14.7. The van der Waals surface area contributed by atoms with Crippen molar-refractivity contribution in [3.63, 3.8) is 0 Å². The molecule has 0 spiro atoms. The van der Waals surface area contributed by atoms with Crippen LogP contribution in [0.5, 0.6) is 5.75 Å². The number of rotatable bonds is 7. The van der Waals surface area contributed by atoms with Gasteiger partial charge in [-0.1, -0.05) is 12.1 Å². The van der Waals surface area contributed by atoms with Gasteiger partial charge in [0.15, 0.2) is 0 Å². The van der Waals surface area contributed by atoms with E-state index < -0.39 is 6.10 Å². The number of morpholine rings is 1. The molecule has 0 aromatic heterocycles. The second-order valence-electron chi connectivity index (χ2n) is 6.41. The summed E-state index contributed by atoms with van der Waals surface area (Å²) in [5.41, 5.74) is 1.01. The van der Waals surface area contributed by atoms with Crippen molar-refractivity contribution in [2.24, 2.45) is 0 Å². The predicted octanol–water partition coefficient (Wildman–Crippen LogP) is 1.99. The monoisotopic (exact) mass is 322 g/mol. The van der Waals surface area contributed by atoms with Crippen molar-refractivity contribution in [1.29, 1.82) is 0 Å². The van der Waals surface area contributed by atoms with E-state index in [0.717, 1.165) is 24.5 Å². The number of benzene rings is 1. The van der Waals surface area contributed by atoms with Crippen LogP contribution in [0.2, 0.25) is 0 Å². The largest absolute Gasteiger partial charge is 0.492 e. The molecule has 130 valence electrons. The van der Waals surface area contributed by atoms with Crippen molar-refractivity contribution in [1.82, 2.24) is 4.90 Å². The van der Waals surface area contributed by atoms with Gasteiger partial charge < -0.3 is 19.5 Å². The van der Waals surface area contributed by atoms with Gasteiger partial charge >= 0.3 is 0 Å². The summed E-state index contributed by atoms with van der Waals surface area (Å²) in [6.45, 7) is 9.77. The second kappa shape index (κ2) is 8.52. The molecule has 3 unspecified atom stereocenters. The minimum atomic E-state index is -0.410. The fraction of sp³-hybridized carbons (Fsp3) is 0.667. The van der Waals surface area contributed by atoms with Crippen molar-refractivity contribution in [2.75, 3.05) is 44.7 Å². The highest BCUT2D eigenvalue weighted by molar-refractivity contribution is 5.57. The minimum absolute atomic E-state index is 0.224. The molecule has 1 N–H and O–H groups in total. The highest BCUT2D eigenvalue weighted by atomic mass is 16.5. The van der Waals surface area contributed by atoms with Crippen LogP contribution in [0.3, 0.4) is 0 Å². The third kappa shape index (κ3) is 5.37. The second-order valence-corrected chi connectivity index (χ2v) is 6.41. The van der Waals surface area contributed by atoms with Gasteiger partial charge in [-0.3, -0.25) is 4.90 Å². The number of hydrogen-bond acceptors (Lipinski definition) is 5. The molecule has 1 fully saturated rings. The summed E-state index contributed by atoms with van der Waals surface area (Å²) in [6.07, 6.45) is 0.0388. The fourth-order valence-corrected chi connectivity index (χ4v) is 3.25. The van der Waals surface area contributed by atoms with Crippen LogP contribution in [0.25, 0.3) is 0 Å². The van der Waals surface area contributed by atoms with Crippen molar-refractivity contribution < 1.29 is 14.6 Å². The average Bonchev–Trinajstić information content (AvgIpc) is 2.46. The summed E-state index contributed by atoms with van der Waals surface area (Å²) >= 11 is 0. The van der Waals surface area contributed by atoms with Crippen molar-refractivity contribution >= 4 is 5.69 Å². The molecule has 1 aromatic rings. The average molecular weight is 322 g/mol. The normalized spacial score (nSPS) is 23.5. The molecule has 23 heavy (non-hydrogen) atoms. The van der Waals surface area contributed by atoms with Crippen molar-refractivity contribution in [2.45, 2.75) is 39.1 Å². The molecule has 2 rings (SSSR count). The number of likely N-dealkylation sites (N-methyl/N-ethyl adjacent to an activating group) is 1. The molecule has 0 amide bonds. The Bertz CT molecular complexity index is 473. The van der Waals surface area contributed by atoms with Crippen LogP contribution in [0.1, 0.15) is 20.8 Å². The molecule has 5 heteroatoms. The SMILES string of the molecule is CCOc1ccccc1N(C)CC(O)CN1CC(C)OC(C)C1. The molecular weight excluding hydrogens is 292 g/mol. The first-order valence-corrected chi connectivity index (χ1v) is 8.48. The topological polar surface area (TPSA) is 45.2 Å². The third-order valence-corrected chi connectivity index (χ3v) is 4.03. The Labute approximate surface area is 139 Å². The lowest BCUT2D eigenvalue weighted by Gasteiger charge is -2.37. The van der Waals surface area contributed by atoms with Gasteiger partial charge in [0.1, 0.15) is 5.75 Å². The lowest BCUT2D eigenvalue weighted by Crippen LogP contribution is -2.49. The molecule has 1 saturated heterocycles. The van der Waals surface area contributed by atoms with E-state index in [1.807, 2.05) is 38.2 Å². The Morgan fingerprint density at radius 2 is 1.96 bits per heavy atom. The number of hydrogen-bond donors (Lipinski definition) is 1. The summed E-state index contributed by atoms with van der Waals surface area (Å²) in [6, 6.07) is 7.95. The summed E-state index contributed by atoms with van der Waals surface area (Å²) in [4.78, 5) is 4.34. The standard InChI is InChI=1S/C18H30N2O3/c1-5-22-18-9-7-6-8-17(18)19(4)12-16(21)13-20-10-14(2)23-15(3)11-20/h6-9,14-16,21H,5,10-13H2,1-4H3. The number of anilines is 1. The number of β-amino-alcohol motifs (C(OH)–C–C–N with tert-alkyl or cyclic N) is 1. The molecule has 0 aliphatic carbocycles. The van der Waals surface area contributed by atoms with Crippen LogP contribution in [-0.4, -0.2) is 68.2 Å². The summed E-state index contributed by atoms with van der Waals surface area (Å²) in [5.74, 6) is 0.860. The summed E-state index contributed by atoms with van der Waals surface area (Å²) in [7, 11) is 1.99. The summed E-state index contributed by atoms with van der Waals surface area (Å²) < 4.78 is 11.4. The van der Waals surface area contributed by atoms with E-state index in [0.29, 0.717) is 19.7 Å². The molecule has 3 atom stereocenters. The van der Waals surface area contributed by atoms with Crippen LogP contribution < -0.4 is 9.64 Å².